The number of nitrogens with one attached hydrogen (secondary N) is 1. The zero-order valence-corrected chi connectivity index (χ0v) is 14.2. The third kappa shape index (κ3) is 4.76. The van der Waals surface area contributed by atoms with Gasteiger partial charge in [0.15, 0.2) is 0 Å². The van der Waals surface area contributed by atoms with Crippen LogP contribution in [-0.4, -0.2) is 25.7 Å². The molecular formula is C12H16Cl3NO3S. The Bertz CT molecular complexity index is 565. The fourth-order valence-corrected chi connectivity index (χ4v) is 4.44. The van der Waals surface area contributed by atoms with Crippen LogP contribution in [0.1, 0.15) is 26.7 Å². The molecule has 0 radical (unpaired) electrons. The Morgan fingerprint density at radius 1 is 1.25 bits per heavy atom. The van der Waals surface area contributed by atoms with Gasteiger partial charge in [-0.3, -0.25) is 0 Å². The lowest BCUT2D eigenvalue weighted by Gasteiger charge is -2.23. The van der Waals surface area contributed by atoms with Crippen molar-refractivity contribution in [2.45, 2.75) is 37.2 Å². The number of hydrogen-bond acceptors (Lipinski definition) is 3. The highest BCUT2D eigenvalue weighted by Crippen LogP contribution is 2.32. The van der Waals surface area contributed by atoms with Gasteiger partial charge in [0.25, 0.3) is 0 Å². The van der Waals surface area contributed by atoms with E-state index >= 15 is 0 Å². The summed E-state index contributed by atoms with van der Waals surface area (Å²) in [6, 6.07) is 2.60. The lowest BCUT2D eigenvalue weighted by molar-refractivity contribution is 0.0554. The van der Waals surface area contributed by atoms with Crippen molar-refractivity contribution in [2.75, 3.05) is 6.54 Å². The molecule has 4 nitrogen and oxygen atoms in total. The van der Waals surface area contributed by atoms with E-state index in [0.29, 0.717) is 6.42 Å². The Morgan fingerprint density at radius 2 is 1.75 bits per heavy atom. The topological polar surface area (TPSA) is 66.4 Å². The molecule has 0 aromatic heterocycles. The van der Waals surface area contributed by atoms with Crippen molar-refractivity contribution in [1.29, 1.82) is 0 Å². The van der Waals surface area contributed by atoms with Gasteiger partial charge >= 0.3 is 0 Å². The molecule has 1 rings (SSSR count). The first-order valence-electron chi connectivity index (χ1n) is 5.95. The second kappa shape index (κ2) is 6.81. The Labute approximate surface area is 134 Å². The second-order valence-corrected chi connectivity index (χ2v) is 7.72. The summed E-state index contributed by atoms with van der Waals surface area (Å²) >= 11 is 17.5. The summed E-state index contributed by atoms with van der Waals surface area (Å²) in [6.07, 6.45) is 1.20. The maximum Gasteiger partial charge on any atom is 0.243 e. The molecule has 1 unspecified atom stereocenters. The van der Waals surface area contributed by atoms with E-state index in [-0.39, 0.29) is 26.5 Å². The van der Waals surface area contributed by atoms with Crippen LogP contribution in [0.5, 0.6) is 0 Å². The molecule has 0 amide bonds. The van der Waals surface area contributed by atoms with Gasteiger partial charge in [-0.2, -0.15) is 0 Å². The Kier molecular flexibility index (Phi) is 6.14. The predicted octanol–water partition coefficient (Wildman–Crippen LogP) is 3.48. The van der Waals surface area contributed by atoms with Gasteiger partial charge in [-0.25, -0.2) is 13.1 Å². The molecular weight excluding hydrogens is 345 g/mol. The molecule has 0 fully saturated rings. The summed E-state index contributed by atoms with van der Waals surface area (Å²) < 4.78 is 26.7. The summed E-state index contributed by atoms with van der Waals surface area (Å²) in [5, 5.41) is 10.1. The van der Waals surface area contributed by atoms with Crippen LogP contribution in [0.2, 0.25) is 15.1 Å². The quantitative estimate of drug-likeness (QED) is 0.816. The van der Waals surface area contributed by atoms with Gasteiger partial charge in [0.1, 0.15) is 4.90 Å². The normalized spacial score (nSPS) is 15.1. The second-order valence-electron chi connectivity index (χ2n) is 4.77. The van der Waals surface area contributed by atoms with Crippen LogP contribution in [-0.2, 0) is 10.0 Å². The minimum Gasteiger partial charge on any atom is -0.389 e. The van der Waals surface area contributed by atoms with E-state index < -0.39 is 15.6 Å². The standard InChI is InChI=1S/C12H16Cl3NO3S/c1-3-4-12(2,17)7-16-20(18,19)11-9(14)5-8(13)6-10(11)15/h5-6,16-17H,3-4,7H2,1-2H3. The lowest BCUT2D eigenvalue weighted by atomic mass is 10.0. The van der Waals surface area contributed by atoms with Crippen LogP contribution >= 0.6 is 34.8 Å². The smallest absolute Gasteiger partial charge is 0.243 e. The summed E-state index contributed by atoms with van der Waals surface area (Å²) in [4.78, 5) is -0.238. The number of rotatable bonds is 6. The Balaban J connectivity index is 3.01. The molecule has 2 N–H and O–H groups in total. The molecule has 0 aliphatic heterocycles. The summed E-state index contributed by atoms with van der Waals surface area (Å²) in [6.45, 7) is 3.33. The van der Waals surface area contributed by atoms with Gasteiger partial charge in [-0.15, -0.1) is 0 Å². The molecule has 0 spiro atoms. The van der Waals surface area contributed by atoms with E-state index in [2.05, 4.69) is 4.72 Å². The van der Waals surface area contributed by atoms with Crippen molar-refractivity contribution in [1.82, 2.24) is 4.72 Å². The molecule has 1 aromatic carbocycles. The number of sulfonamides is 1. The zero-order chi connectivity index (χ0) is 15.6. The molecule has 0 saturated carbocycles. The van der Waals surface area contributed by atoms with Crippen molar-refractivity contribution in [3.05, 3.63) is 27.2 Å². The third-order valence-electron chi connectivity index (χ3n) is 2.66. The van der Waals surface area contributed by atoms with E-state index in [0.717, 1.165) is 6.42 Å². The van der Waals surface area contributed by atoms with Gasteiger partial charge < -0.3 is 5.11 Å². The summed E-state index contributed by atoms with van der Waals surface area (Å²) in [5.74, 6) is 0. The monoisotopic (exact) mass is 359 g/mol. The highest BCUT2D eigenvalue weighted by molar-refractivity contribution is 7.89. The van der Waals surface area contributed by atoms with E-state index in [1.54, 1.807) is 6.92 Å². The number of aliphatic hydroxyl groups is 1. The molecule has 0 saturated heterocycles. The highest BCUT2D eigenvalue weighted by atomic mass is 35.5. The van der Waals surface area contributed by atoms with E-state index in [9.17, 15) is 13.5 Å². The minimum absolute atomic E-state index is 0.0647. The van der Waals surface area contributed by atoms with Gasteiger partial charge in [-0.05, 0) is 25.5 Å². The van der Waals surface area contributed by atoms with Crippen molar-refractivity contribution < 1.29 is 13.5 Å². The molecule has 114 valence electrons. The molecule has 0 aliphatic rings. The fraction of sp³-hybridized carbons (Fsp3) is 0.500. The van der Waals surface area contributed by atoms with Gasteiger partial charge in [0, 0.05) is 11.6 Å². The van der Waals surface area contributed by atoms with Gasteiger partial charge in [-0.1, -0.05) is 48.1 Å². The maximum atomic E-state index is 12.2. The molecule has 0 bridgehead atoms. The summed E-state index contributed by atoms with van der Waals surface area (Å²) in [5.41, 5.74) is -1.13. The molecule has 0 aliphatic carbocycles. The van der Waals surface area contributed by atoms with Crippen LogP contribution in [0.15, 0.2) is 17.0 Å². The summed E-state index contributed by atoms with van der Waals surface area (Å²) in [7, 11) is -3.92. The van der Waals surface area contributed by atoms with Crippen LogP contribution < -0.4 is 4.72 Å². The van der Waals surface area contributed by atoms with E-state index in [1.165, 1.54) is 12.1 Å². The minimum atomic E-state index is -3.92. The van der Waals surface area contributed by atoms with Crippen LogP contribution in [0.4, 0.5) is 0 Å². The van der Waals surface area contributed by atoms with Crippen LogP contribution in [0, 0.1) is 0 Å². The first-order valence-corrected chi connectivity index (χ1v) is 8.57. The van der Waals surface area contributed by atoms with E-state index in [4.69, 9.17) is 34.8 Å². The van der Waals surface area contributed by atoms with Crippen LogP contribution in [0.25, 0.3) is 0 Å². The SMILES string of the molecule is CCCC(C)(O)CNS(=O)(=O)c1c(Cl)cc(Cl)cc1Cl. The van der Waals surface area contributed by atoms with Crippen molar-refractivity contribution in [3.63, 3.8) is 0 Å². The largest absolute Gasteiger partial charge is 0.389 e. The predicted molar refractivity (Wildman–Crippen MR) is 82.2 cm³/mol. The molecule has 8 heteroatoms. The molecule has 20 heavy (non-hydrogen) atoms. The Morgan fingerprint density at radius 3 is 2.20 bits per heavy atom. The van der Waals surface area contributed by atoms with Crippen LogP contribution in [0.3, 0.4) is 0 Å². The fourth-order valence-electron chi connectivity index (χ4n) is 1.74. The average Bonchev–Trinajstić information content (AvgIpc) is 2.24. The third-order valence-corrected chi connectivity index (χ3v) is 5.20. The number of halogens is 3. The zero-order valence-electron chi connectivity index (χ0n) is 11.1. The average molecular weight is 361 g/mol. The highest BCUT2D eigenvalue weighted by Gasteiger charge is 2.26. The number of hydrogen-bond donors (Lipinski definition) is 2. The molecule has 0 heterocycles. The molecule has 1 aromatic rings. The van der Waals surface area contributed by atoms with E-state index in [1.807, 2.05) is 6.92 Å². The van der Waals surface area contributed by atoms with Crippen molar-refractivity contribution >= 4 is 44.8 Å². The Hall–Kier alpha value is -0.0400. The molecule has 1 atom stereocenters. The first-order chi connectivity index (χ1) is 9.09. The number of benzene rings is 1. The van der Waals surface area contributed by atoms with Crippen molar-refractivity contribution in [3.8, 4) is 0 Å². The van der Waals surface area contributed by atoms with Gasteiger partial charge in [0.2, 0.25) is 10.0 Å². The first kappa shape index (κ1) is 18.0. The van der Waals surface area contributed by atoms with Gasteiger partial charge in [0.05, 0.1) is 15.6 Å². The lowest BCUT2D eigenvalue weighted by Crippen LogP contribution is -2.40. The maximum absolute atomic E-state index is 12.2. The van der Waals surface area contributed by atoms with Crippen molar-refractivity contribution in [2.24, 2.45) is 0 Å².